The lowest BCUT2D eigenvalue weighted by atomic mass is 10.1. The van der Waals surface area contributed by atoms with E-state index in [0.717, 1.165) is 22.9 Å². The van der Waals surface area contributed by atoms with Crippen LogP contribution in [0.1, 0.15) is 5.69 Å². The molecule has 3 aromatic carbocycles. The molecule has 6 nitrogen and oxygen atoms in total. The second-order valence-electron chi connectivity index (χ2n) is 8.33. The van der Waals surface area contributed by atoms with Crippen molar-refractivity contribution in [3.8, 4) is 51.2 Å². The average molecular weight is 555 g/mol. The maximum absolute atomic E-state index is 14.0. The smallest absolute Gasteiger partial charge is 0.433 e. The van der Waals surface area contributed by atoms with E-state index >= 15 is 0 Å². The Morgan fingerprint density at radius 1 is 0.769 bits per heavy atom. The largest absolute Gasteiger partial charge is 0.497 e. The fourth-order valence-electron chi connectivity index (χ4n) is 3.96. The second kappa shape index (κ2) is 10.4. The van der Waals surface area contributed by atoms with Crippen molar-refractivity contribution in [3.05, 3.63) is 95.4 Å². The number of ether oxygens (including phenoxy) is 2. The van der Waals surface area contributed by atoms with Crippen LogP contribution in [0.5, 0.6) is 11.5 Å². The first-order chi connectivity index (χ1) is 18.7. The van der Waals surface area contributed by atoms with Gasteiger partial charge < -0.3 is 9.47 Å². The first-order valence-electron chi connectivity index (χ1n) is 11.5. The summed E-state index contributed by atoms with van der Waals surface area (Å²) in [7, 11) is 3.00. The SMILES string of the molecule is COc1cccc(-c2nn(-c3nc(-c4ccc(F)cc4)cc(C(F)(F)F)n3)c(-c3cccc(OC)c3)c2Cl)c1. The summed E-state index contributed by atoms with van der Waals surface area (Å²) in [6.45, 7) is 0. The van der Waals surface area contributed by atoms with Crippen LogP contribution in [-0.2, 0) is 6.18 Å². The average Bonchev–Trinajstić information content (AvgIpc) is 3.29. The monoisotopic (exact) mass is 554 g/mol. The fraction of sp³-hybridized carbons (Fsp3) is 0.107. The maximum Gasteiger partial charge on any atom is 0.433 e. The molecule has 2 aromatic heterocycles. The van der Waals surface area contributed by atoms with Gasteiger partial charge in [0.15, 0.2) is 5.69 Å². The van der Waals surface area contributed by atoms with Gasteiger partial charge in [0.1, 0.15) is 23.0 Å². The molecule has 0 bridgehead atoms. The molecular weight excluding hydrogens is 536 g/mol. The third-order valence-corrected chi connectivity index (χ3v) is 6.21. The zero-order chi connectivity index (χ0) is 27.7. The highest BCUT2D eigenvalue weighted by Gasteiger charge is 2.35. The topological polar surface area (TPSA) is 62.1 Å². The molecular formula is C28H19ClF4N4O2. The molecule has 0 saturated heterocycles. The van der Waals surface area contributed by atoms with Crippen molar-refractivity contribution in [1.29, 1.82) is 0 Å². The summed E-state index contributed by atoms with van der Waals surface area (Å²) in [6.07, 6.45) is -4.80. The second-order valence-corrected chi connectivity index (χ2v) is 8.71. The molecule has 0 N–H and O–H groups in total. The van der Waals surface area contributed by atoms with E-state index in [9.17, 15) is 17.6 Å². The Morgan fingerprint density at radius 3 is 2.00 bits per heavy atom. The zero-order valence-corrected chi connectivity index (χ0v) is 21.3. The van der Waals surface area contributed by atoms with Crippen LogP contribution in [0, 0.1) is 5.82 Å². The predicted octanol–water partition coefficient (Wildman–Crippen LogP) is 7.49. The van der Waals surface area contributed by atoms with Crippen LogP contribution in [0.15, 0.2) is 78.9 Å². The Morgan fingerprint density at radius 2 is 1.38 bits per heavy atom. The van der Waals surface area contributed by atoms with Gasteiger partial charge in [-0.1, -0.05) is 35.9 Å². The number of halogens is 5. The molecule has 0 radical (unpaired) electrons. The van der Waals surface area contributed by atoms with Crippen LogP contribution in [0.25, 0.3) is 39.7 Å². The summed E-state index contributed by atoms with van der Waals surface area (Å²) in [5, 5.41) is 4.72. The third kappa shape index (κ3) is 5.28. The van der Waals surface area contributed by atoms with Crippen molar-refractivity contribution in [2.24, 2.45) is 0 Å². The Labute approximate surface area is 225 Å². The first kappa shape index (κ1) is 26.2. The van der Waals surface area contributed by atoms with E-state index in [1.165, 1.54) is 26.4 Å². The molecule has 11 heteroatoms. The van der Waals surface area contributed by atoms with Gasteiger partial charge in [-0.2, -0.15) is 23.0 Å². The maximum atomic E-state index is 14.0. The van der Waals surface area contributed by atoms with Crippen LogP contribution in [-0.4, -0.2) is 34.0 Å². The summed E-state index contributed by atoms with van der Waals surface area (Å²) in [6, 6.07) is 19.5. The lowest BCUT2D eigenvalue weighted by Crippen LogP contribution is -2.14. The molecule has 0 atom stereocenters. The number of hydrogen-bond donors (Lipinski definition) is 0. The molecule has 0 aliphatic heterocycles. The minimum atomic E-state index is -4.80. The van der Waals surface area contributed by atoms with Gasteiger partial charge in [-0.25, -0.2) is 14.4 Å². The quantitative estimate of drug-likeness (QED) is 0.203. The molecule has 0 saturated carbocycles. The Balaban J connectivity index is 1.80. The molecule has 198 valence electrons. The van der Waals surface area contributed by atoms with Crippen LogP contribution in [0.4, 0.5) is 17.6 Å². The van der Waals surface area contributed by atoms with Gasteiger partial charge in [-0.15, -0.1) is 0 Å². The van der Waals surface area contributed by atoms with Crippen molar-refractivity contribution >= 4 is 11.6 Å². The number of methoxy groups -OCH3 is 2. The van der Waals surface area contributed by atoms with Crippen LogP contribution in [0.3, 0.4) is 0 Å². The number of alkyl halides is 3. The number of hydrogen-bond acceptors (Lipinski definition) is 5. The molecule has 0 unspecified atom stereocenters. The predicted molar refractivity (Wildman–Crippen MR) is 139 cm³/mol. The van der Waals surface area contributed by atoms with Gasteiger partial charge in [0.2, 0.25) is 0 Å². The standard InChI is InChI=1S/C28H19ClF4N4O2/c1-38-20-7-3-5-17(13-20)25-24(29)26(18-6-4-8-21(14-18)39-2)37(36-25)27-34-22(15-23(35-27)28(31,32)33)16-9-11-19(30)12-10-16/h3-15H,1-2H3. The van der Waals surface area contributed by atoms with E-state index < -0.39 is 17.7 Å². The molecule has 0 aliphatic rings. The summed E-state index contributed by atoms with van der Waals surface area (Å²) < 4.78 is 67.2. The van der Waals surface area contributed by atoms with Gasteiger partial charge in [0.25, 0.3) is 5.95 Å². The number of benzene rings is 3. The Hall–Kier alpha value is -4.44. The minimum Gasteiger partial charge on any atom is -0.497 e. The van der Waals surface area contributed by atoms with Crippen LogP contribution < -0.4 is 9.47 Å². The summed E-state index contributed by atoms with van der Waals surface area (Å²) >= 11 is 6.86. The fourth-order valence-corrected chi connectivity index (χ4v) is 4.30. The molecule has 0 amide bonds. The van der Waals surface area contributed by atoms with E-state index in [-0.39, 0.29) is 33.6 Å². The van der Waals surface area contributed by atoms with E-state index in [1.807, 2.05) is 0 Å². The number of nitrogens with zero attached hydrogens (tertiary/aromatic N) is 4. The Bertz CT molecular complexity index is 1650. The van der Waals surface area contributed by atoms with Gasteiger partial charge in [-0.3, -0.25) is 0 Å². The van der Waals surface area contributed by atoms with Gasteiger partial charge in [-0.05, 0) is 54.6 Å². The summed E-state index contributed by atoms with van der Waals surface area (Å²) in [5.74, 6) is 0.121. The molecule has 0 aliphatic carbocycles. The normalized spacial score (nSPS) is 11.5. The number of rotatable bonds is 6. The molecule has 5 rings (SSSR count). The van der Waals surface area contributed by atoms with Crippen molar-refractivity contribution in [3.63, 3.8) is 0 Å². The summed E-state index contributed by atoms with van der Waals surface area (Å²) in [5.41, 5.74) is 0.588. The third-order valence-electron chi connectivity index (χ3n) is 5.85. The highest BCUT2D eigenvalue weighted by molar-refractivity contribution is 6.35. The molecule has 39 heavy (non-hydrogen) atoms. The number of aromatic nitrogens is 4. The van der Waals surface area contributed by atoms with Crippen LogP contribution >= 0.6 is 11.6 Å². The van der Waals surface area contributed by atoms with Gasteiger partial charge >= 0.3 is 6.18 Å². The van der Waals surface area contributed by atoms with Crippen molar-refractivity contribution in [1.82, 2.24) is 19.7 Å². The molecule has 2 heterocycles. The first-order valence-corrected chi connectivity index (χ1v) is 11.9. The highest BCUT2D eigenvalue weighted by atomic mass is 35.5. The lowest BCUT2D eigenvalue weighted by Gasteiger charge is -2.13. The van der Waals surface area contributed by atoms with Crippen molar-refractivity contribution in [2.75, 3.05) is 14.2 Å². The zero-order valence-electron chi connectivity index (χ0n) is 20.5. The van der Waals surface area contributed by atoms with Crippen molar-refractivity contribution < 1.29 is 27.0 Å². The molecule has 5 aromatic rings. The van der Waals surface area contributed by atoms with Gasteiger partial charge in [0, 0.05) is 16.7 Å². The van der Waals surface area contributed by atoms with E-state index in [0.29, 0.717) is 22.6 Å². The molecule has 0 fully saturated rings. The van der Waals surface area contributed by atoms with Crippen LogP contribution in [0.2, 0.25) is 5.02 Å². The van der Waals surface area contributed by atoms with E-state index in [2.05, 4.69) is 15.1 Å². The summed E-state index contributed by atoms with van der Waals surface area (Å²) in [4.78, 5) is 8.18. The van der Waals surface area contributed by atoms with Gasteiger partial charge in [0.05, 0.1) is 30.6 Å². The lowest BCUT2D eigenvalue weighted by molar-refractivity contribution is -0.141. The highest BCUT2D eigenvalue weighted by Crippen LogP contribution is 2.40. The minimum absolute atomic E-state index is 0.0709. The van der Waals surface area contributed by atoms with E-state index in [1.54, 1.807) is 48.5 Å². The Kier molecular flexibility index (Phi) is 6.96. The van der Waals surface area contributed by atoms with E-state index in [4.69, 9.17) is 21.1 Å². The molecule has 0 spiro atoms. The van der Waals surface area contributed by atoms with Crippen molar-refractivity contribution in [2.45, 2.75) is 6.18 Å².